The number of pyridine rings is 4. The lowest BCUT2D eigenvalue weighted by Gasteiger charge is -2.19. The van der Waals surface area contributed by atoms with Crippen molar-refractivity contribution in [1.29, 1.82) is 0 Å². The maximum absolute atomic E-state index is 12.6. The smallest absolute Gasteiger partial charge is 0.253 e. The highest BCUT2D eigenvalue weighted by atomic mass is 127. The number of amides is 2. The van der Waals surface area contributed by atoms with Crippen molar-refractivity contribution in [3.63, 3.8) is 0 Å². The van der Waals surface area contributed by atoms with Crippen LogP contribution in [-0.2, 0) is 23.9 Å². The van der Waals surface area contributed by atoms with Gasteiger partial charge < -0.3 is 16.4 Å². The van der Waals surface area contributed by atoms with Gasteiger partial charge in [-0.1, -0.05) is 90.1 Å². The molecule has 0 aliphatic carbocycles. The average molecular weight is 808 g/mol. The molecule has 52 heavy (non-hydrogen) atoms. The zero-order valence-electron chi connectivity index (χ0n) is 31.1. The third kappa shape index (κ3) is 9.67. The molecule has 0 unspecified atom stereocenters. The summed E-state index contributed by atoms with van der Waals surface area (Å²) in [5.41, 5.74) is 15.0. The van der Waals surface area contributed by atoms with Crippen LogP contribution in [0.5, 0.6) is 0 Å². The molecule has 0 bridgehead atoms. The van der Waals surface area contributed by atoms with E-state index in [-0.39, 0.29) is 22.6 Å². The van der Waals surface area contributed by atoms with Gasteiger partial charge in [-0.2, -0.15) is 0 Å². The van der Waals surface area contributed by atoms with E-state index in [0.29, 0.717) is 52.6 Å². The number of aryl methyl sites for hydroxylation is 2. The molecule has 0 atom stereocenters. The third-order valence-electron chi connectivity index (χ3n) is 8.74. The zero-order valence-corrected chi connectivity index (χ0v) is 33.2. The van der Waals surface area contributed by atoms with Crippen LogP contribution in [0.1, 0.15) is 95.9 Å². The Hall–Kier alpha value is -4.97. The van der Waals surface area contributed by atoms with Gasteiger partial charge in [0.1, 0.15) is 0 Å². The summed E-state index contributed by atoms with van der Waals surface area (Å²) in [6.45, 7) is 17.7. The van der Waals surface area contributed by atoms with Crippen molar-refractivity contribution in [2.75, 3.05) is 5.73 Å². The van der Waals surface area contributed by atoms with E-state index in [9.17, 15) is 9.59 Å². The van der Waals surface area contributed by atoms with E-state index in [1.54, 1.807) is 24.5 Å². The largest absolute Gasteiger partial charge is 0.397 e. The number of hydrogen-bond acceptors (Lipinski definition) is 7. The minimum absolute atomic E-state index is 0.115. The van der Waals surface area contributed by atoms with Gasteiger partial charge in [-0.25, -0.2) is 19.9 Å². The van der Waals surface area contributed by atoms with E-state index in [1.165, 1.54) is 11.1 Å². The first-order chi connectivity index (χ1) is 24.5. The molecule has 4 aromatic heterocycles. The Morgan fingerprint density at radius 2 is 1.04 bits per heavy atom. The van der Waals surface area contributed by atoms with E-state index in [1.807, 2.05) is 26.0 Å². The summed E-state index contributed by atoms with van der Waals surface area (Å²) in [4.78, 5) is 42.6. The fourth-order valence-electron chi connectivity index (χ4n) is 5.56. The number of anilines is 1. The summed E-state index contributed by atoms with van der Waals surface area (Å²) in [7, 11) is 0. The van der Waals surface area contributed by atoms with Gasteiger partial charge in [0, 0.05) is 33.6 Å². The van der Waals surface area contributed by atoms with Crippen LogP contribution in [-0.4, -0.2) is 31.8 Å². The van der Waals surface area contributed by atoms with Crippen molar-refractivity contribution in [3.8, 4) is 0 Å². The molecular weight excluding hydrogens is 761 g/mol. The topological polar surface area (TPSA) is 136 Å². The predicted molar refractivity (Wildman–Crippen MR) is 218 cm³/mol. The molecule has 4 heterocycles. The second-order valence-corrected chi connectivity index (χ2v) is 16.3. The fraction of sp³-hybridized carbons (Fsp3) is 0.286. The summed E-state index contributed by atoms with van der Waals surface area (Å²) in [5, 5.41) is 7.59. The SMILES string of the molecule is Cc1nc2ncc(I)cc2cc1C(=O)NCc1ccc(C(C)(C)C)cc1.Cc1nc2ncc(N)cc2cc1C(=O)NCc1ccc(C(C)(C)C)cc1. The molecule has 4 N–H and O–H groups in total. The highest BCUT2D eigenvalue weighted by Crippen LogP contribution is 2.24. The number of carbonyl (C=O) groups excluding carboxylic acids is 2. The van der Waals surface area contributed by atoms with Crippen LogP contribution in [0.4, 0.5) is 5.69 Å². The summed E-state index contributed by atoms with van der Waals surface area (Å²) in [5.74, 6) is -0.269. The monoisotopic (exact) mass is 807 g/mol. The number of rotatable bonds is 6. The number of nitrogens with zero attached hydrogens (tertiary/aromatic N) is 4. The first-order valence-electron chi connectivity index (χ1n) is 17.2. The number of carbonyl (C=O) groups is 2. The number of halogens is 1. The molecule has 10 heteroatoms. The quantitative estimate of drug-likeness (QED) is 0.144. The number of nitrogens with two attached hydrogens (primary N) is 1. The van der Waals surface area contributed by atoms with E-state index in [4.69, 9.17) is 5.73 Å². The van der Waals surface area contributed by atoms with Gasteiger partial charge in [0.2, 0.25) is 0 Å². The van der Waals surface area contributed by atoms with E-state index >= 15 is 0 Å². The average Bonchev–Trinajstić information content (AvgIpc) is 3.09. The van der Waals surface area contributed by atoms with Crippen LogP contribution in [0.15, 0.2) is 85.2 Å². The zero-order chi connectivity index (χ0) is 37.8. The van der Waals surface area contributed by atoms with Crippen molar-refractivity contribution in [3.05, 3.63) is 134 Å². The normalized spacial score (nSPS) is 11.6. The number of nitrogen functional groups attached to an aromatic ring is 1. The molecule has 0 spiro atoms. The Labute approximate surface area is 319 Å². The maximum Gasteiger partial charge on any atom is 0.253 e. The molecule has 0 aliphatic heterocycles. The van der Waals surface area contributed by atoms with Crippen LogP contribution in [0.25, 0.3) is 22.1 Å². The maximum atomic E-state index is 12.6. The van der Waals surface area contributed by atoms with Crippen LogP contribution in [0, 0.1) is 17.4 Å². The Morgan fingerprint density at radius 1 is 0.635 bits per heavy atom. The minimum atomic E-state index is -0.153. The summed E-state index contributed by atoms with van der Waals surface area (Å²) in [6.07, 6.45) is 3.34. The van der Waals surface area contributed by atoms with Gasteiger partial charge in [0.05, 0.1) is 34.4 Å². The van der Waals surface area contributed by atoms with Crippen molar-refractivity contribution < 1.29 is 9.59 Å². The van der Waals surface area contributed by atoms with Crippen LogP contribution >= 0.6 is 22.6 Å². The summed E-state index contributed by atoms with van der Waals surface area (Å²) >= 11 is 2.21. The standard InChI is InChI=1S/C21H22IN3O.C21H24N4O/c2*1-13-18(10-15-9-17(22)12-23-19(15)25-13)20(26)24-11-14-5-7-16(8-6-14)21(2,3)4/h5-10,12H,11H2,1-4H3,(H,24,26);5-10,12H,11,22H2,1-4H3,(H,24,26). The predicted octanol–water partition coefficient (Wildman–Crippen LogP) is 8.52. The Morgan fingerprint density at radius 3 is 1.46 bits per heavy atom. The molecule has 2 aromatic carbocycles. The number of nitrogens with one attached hydrogen (secondary N) is 2. The van der Waals surface area contributed by atoms with E-state index < -0.39 is 0 Å². The summed E-state index contributed by atoms with van der Waals surface area (Å²) in [6, 6.07) is 24.1. The van der Waals surface area contributed by atoms with Crippen molar-refractivity contribution in [2.45, 2.75) is 79.3 Å². The van der Waals surface area contributed by atoms with Gasteiger partial charge >= 0.3 is 0 Å². The van der Waals surface area contributed by atoms with Crippen LogP contribution in [0.2, 0.25) is 0 Å². The Balaban J connectivity index is 0.000000201. The molecule has 9 nitrogen and oxygen atoms in total. The van der Waals surface area contributed by atoms with E-state index in [0.717, 1.165) is 25.5 Å². The lowest BCUT2D eigenvalue weighted by molar-refractivity contribution is 0.0942. The molecule has 0 fully saturated rings. The molecule has 6 aromatic rings. The van der Waals surface area contributed by atoms with Gasteiger partial charge in [0.15, 0.2) is 11.3 Å². The first-order valence-corrected chi connectivity index (χ1v) is 18.3. The molecular formula is C42H46IN7O2. The second-order valence-electron chi connectivity index (χ2n) is 15.0. The highest BCUT2D eigenvalue weighted by Gasteiger charge is 2.16. The molecule has 2 amide bonds. The highest BCUT2D eigenvalue weighted by molar-refractivity contribution is 14.1. The van der Waals surface area contributed by atoms with Crippen molar-refractivity contribution >= 4 is 62.2 Å². The molecule has 0 aliphatic rings. The lowest BCUT2D eigenvalue weighted by Crippen LogP contribution is -2.24. The minimum Gasteiger partial charge on any atom is -0.397 e. The molecule has 0 radical (unpaired) electrons. The number of hydrogen-bond donors (Lipinski definition) is 3. The number of aromatic nitrogens is 4. The molecule has 0 saturated heterocycles. The van der Waals surface area contributed by atoms with Gasteiger partial charge in [-0.05, 0) is 93.8 Å². The molecule has 268 valence electrons. The van der Waals surface area contributed by atoms with E-state index in [2.05, 4.69) is 143 Å². The molecule has 6 rings (SSSR count). The first kappa shape index (κ1) is 38.3. The lowest BCUT2D eigenvalue weighted by atomic mass is 9.87. The van der Waals surface area contributed by atoms with Crippen molar-refractivity contribution in [2.24, 2.45) is 0 Å². The van der Waals surface area contributed by atoms with Crippen LogP contribution < -0.4 is 16.4 Å². The van der Waals surface area contributed by atoms with Gasteiger partial charge in [-0.3, -0.25) is 9.59 Å². The fourth-order valence-corrected chi connectivity index (χ4v) is 6.03. The second kappa shape index (κ2) is 15.7. The third-order valence-corrected chi connectivity index (χ3v) is 9.33. The number of fused-ring (bicyclic) bond motifs is 2. The van der Waals surface area contributed by atoms with Crippen LogP contribution in [0.3, 0.4) is 0 Å². The van der Waals surface area contributed by atoms with Gasteiger partial charge in [0.25, 0.3) is 11.8 Å². The summed E-state index contributed by atoms with van der Waals surface area (Å²) < 4.78 is 1.02. The Kier molecular flexibility index (Phi) is 11.6. The number of benzene rings is 2. The molecule has 0 saturated carbocycles. The van der Waals surface area contributed by atoms with Gasteiger partial charge in [-0.15, -0.1) is 0 Å². The van der Waals surface area contributed by atoms with Crippen molar-refractivity contribution in [1.82, 2.24) is 30.6 Å². The Bertz CT molecular complexity index is 2080.